The highest BCUT2D eigenvalue weighted by molar-refractivity contribution is 5.84. The molecule has 0 spiro atoms. The Hall–Kier alpha value is -1.64. The van der Waals surface area contributed by atoms with Gasteiger partial charge >= 0.3 is 0 Å². The van der Waals surface area contributed by atoms with Crippen LogP contribution >= 0.6 is 0 Å². The molecular weight excluding hydrogens is 138 g/mol. The fraction of sp³-hybridized carbons (Fsp3) is 0. The Morgan fingerprint density at radius 3 is 2.73 bits per heavy atom. The minimum absolute atomic E-state index is 0.849. The van der Waals surface area contributed by atoms with Crippen LogP contribution in [0.1, 0.15) is 11.1 Å². The fourth-order valence-corrected chi connectivity index (χ4v) is 0.815. The maximum atomic E-state index is 6.97. The monoisotopic (exact) mass is 147 g/mol. The average molecular weight is 147 g/mol. The zero-order valence-electron chi connectivity index (χ0n) is 5.99. The van der Waals surface area contributed by atoms with Crippen molar-refractivity contribution < 1.29 is 0 Å². The summed E-state index contributed by atoms with van der Waals surface area (Å²) in [6.45, 7) is 0. The minimum atomic E-state index is 0.849. The number of nitrogens with two attached hydrogens (primary N) is 1. The molecule has 3 heteroatoms. The van der Waals surface area contributed by atoms with Crippen LogP contribution in [0.5, 0.6) is 0 Å². The van der Waals surface area contributed by atoms with Crippen molar-refractivity contribution in [2.75, 3.05) is 0 Å². The molecule has 0 fully saturated rings. The summed E-state index contributed by atoms with van der Waals surface area (Å²) in [4.78, 5) is 0. The summed E-state index contributed by atoms with van der Waals surface area (Å²) in [6, 6.07) is 7.42. The molecule has 0 radical (unpaired) electrons. The fourth-order valence-electron chi connectivity index (χ4n) is 0.815. The van der Waals surface area contributed by atoms with Crippen LogP contribution in [0, 0.1) is 5.41 Å². The number of benzene rings is 1. The molecule has 3 nitrogen and oxygen atoms in total. The van der Waals surface area contributed by atoms with E-state index in [0.717, 1.165) is 11.1 Å². The molecule has 56 valence electrons. The molecule has 0 saturated heterocycles. The number of hydrogen-bond donors (Lipinski definition) is 2. The maximum Gasteiger partial charge on any atom is 0.0538 e. The molecule has 1 aromatic carbocycles. The molecule has 11 heavy (non-hydrogen) atoms. The summed E-state index contributed by atoms with van der Waals surface area (Å²) in [7, 11) is 0. The largest absolute Gasteiger partial charge is 0.323 e. The van der Waals surface area contributed by atoms with Crippen molar-refractivity contribution in [2.45, 2.75) is 0 Å². The van der Waals surface area contributed by atoms with Gasteiger partial charge in [-0.3, -0.25) is 0 Å². The molecule has 0 saturated carbocycles. The van der Waals surface area contributed by atoms with Crippen molar-refractivity contribution in [3.05, 3.63) is 35.4 Å². The first-order valence-electron chi connectivity index (χ1n) is 3.20. The van der Waals surface area contributed by atoms with Crippen molar-refractivity contribution in [3.63, 3.8) is 0 Å². The minimum Gasteiger partial charge on any atom is -0.323 e. The lowest BCUT2D eigenvalue weighted by Gasteiger charge is -1.92. The molecule has 0 unspecified atom stereocenters. The van der Waals surface area contributed by atoms with E-state index in [1.807, 2.05) is 24.3 Å². The Balaban J connectivity index is 3.00. The molecule has 0 aromatic heterocycles. The lowest BCUT2D eigenvalue weighted by Crippen LogP contribution is -1.87. The van der Waals surface area contributed by atoms with Gasteiger partial charge in [-0.05, 0) is 17.2 Å². The molecule has 0 amide bonds. The van der Waals surface area contributed by atoms with E-state index in [1.165, 1.54) is 6.21 Å². The van der Waals surface area contributed by atoms with E-state index in [-0.39, 0.29) is 0 Å². The van der Waals surface area contributed by atoms with Gasteiger partial charge in [0.05, 0.1) is 6.21 Å². The summed E-state index contributed by atoms with van der Waals surface area (Å²) >= 11 is 0. The van der Waals surface area contributed by atoms with Crippen LogP contribution in [-0.2, 0) is 0 Å². The van der Waals surface area contributed by atoms with Crippen molar-refractivity contribution in [1.29, 1.82) is 5.41 Å². The SMILES string of the molecule is N=Cc1cccc(/C=N/N)c1. The normalized spacial score (nSPS) is 10.2. The van der Waals surface area contributed by atoms with E-state index in [2.05, 4.69) is 5.10 Å². The van der Waals surface area contributed by atoms with Crippen molar-refractivity contribution in [3.8, 4) is 0 Å². The average Bonchev–Trinajstić information content (AvgIpc) is 2.06. The Morgan fingerprint density at radius 1 is 1.36 bits per heavy atom. The van der Waals surface area contributed by atoms with Crippen molar-refractivity contribution in [1.82, 2.24) is 0 Å². The topological polar surface area (TPSA) is 62.2 Å². The predicted octanol–water partition coefficient (Wildman–Crippen LogP) is 0.977. The van der Waals surface area contributed by atoms with E-state index >= 15 is 0 Å². The molecule has 3 N–H and O–H groups in total. The highest BCUT2D eigenvalue weighted by Crippen LogP contribution is 1.99. The predicted molar refractivity (Wildman–Crippen MR) is 46.1 cm³/mol. The van der Waals surface area contributed by atoms with Crippen LogP contribution in [0.15, 0.2) is 29.4 Å². The standard InChI is InChI=1S/C8H9N3/c9-5-7-2-1-3-8(4-7)6-11-10/h1-6,9H,10H2/b9-5?,11-6+. The maximum absolute atomic E-state index is 6.97. The summed E-state index contributed by atoms with van der Waals surface area (Å²) in [5.74, 6) is 4.96. The van der Waals surface area contributed by atoms with Gasteiger partial charge in [-0.2, -0.15) is 5.10 Å². The first-order valence-corrected chi connectivity index (χ1v) is 3.20. The molecular formula is C8H9N3. The van der Waals surface area contributed by atoms with Gasteiger partial charge in [0.1, 0.15) is 0 Å². The number of nitrogens with zero attached hydrogens (tertiary/aromatic N) is 1. The number of rotatable bonds is 2. The van der Waals surface area contributed by atoms with Crippen molar-refractivity contribution >= 4 is 12.4 Å². The zero-order valence-corrected chi connectivity index (χ0v) is 5.99. The summed E-state index contributed by atoms with van der Waals surface area (Å²) in [5.41, 5.74) is 1.76. The number of nitrogens with one attached hydrogen (secondary N) is 1. The van der Waals surface area contributed by atoms with Gasteiger partial charge in [0.15, 0.2) is 0 Å². The molecule has 0 aliphatic rings. The van der Waals surface area contributed by atoms with Gasteiger partial charge in [0, 0.05) is 6.21 Å². The summed E-state index contributed by atoms with van der Waals surface area (Å²) in [6.07, 6.45) is 2.83. The molecule has 0 heterocycles. The highest BCUT2D eigenvalue weighted by Gasteiger charge is 1.88. The highest BCUT2D eigenvalue weighted by atomic mass is 15.1. The smallest absolute Gasteiger partial charge is 0.0538 e. The quantitative estimate of drug-likeness (QED) is 0.365. The molecule has 1 aromatic rings. The Bertz CT molecular complexity index is 278. The van der Waals surface area contributed by atoms with Gasteiger partial charge in [-0.15, -0.1) is 0 Å². The molecule has 0 aliphatic heterocycles. The molecule has 0 atom stereocenters. The first kappa shape index (κ1) is 7.47. The van der Waals surface area contributed by atoms with Crippen LogP contribution in [0.3, 0.4) is 0 Å². The first-order chi connectivity index (χ1) is 5.36. The Labute approximate surface area is 65.1 Å². The van der Waals surface area contributed by atoms with Gasteiger partial charge in [-0.1, -0.05) is 18.2 Å². The van der Waals surface area contributed by atoms with Crippen LogP contribution in [0.4, 0.5) is 0 Å². The second-order valence-corrected chi connectivity index (χ2v) is 2.09. The molecule has 0 bridgehead atoms. The van der Waals surface area contributed by atoms with Gasteiger partial charge in [0.2, 0.25) is 0 Å². The Kier molecular flexibility index (Phi) is 2.38. The lowest BCUT2D eigenvalue weighted by molar-refractivity contribution is 1.26. The number of hydrazone groups is 1. The van der Waals surface area contributed by atoms with E-state index in [4.69, 9.17) is 11.3 Å². The van der Waals surface area contributed by atoms with Gasteiger partial charge < -0.3 is 11.3 Å². The van der Waals surface area contributed by atoms with E-state index < -0.39 is 0 Å². The van der Waals surface area contributed by atoms with Gasteiger partial charge in [0.25, 0.3) is 0 Å². The van der Waals surface area contributed by atoms with Gasteiger partial charge in [-0.25, -0.2) is 0 Å². The van der Waals surface area contributed by atoms with E-state index in [9.17, 15) is 0 Å². The van der Waals surface area contributed by atoms with Crippen LogP contribution in [0.2, 0.25) is 0 Å². The third-order valence-electron chi connectivity index (χ3n) is 1.30. The Morgan fingerprint density at radius 2 is 2.09 bits per heavy atom. The second kappa shape index (κ2) is 3.51. The lowest BCUT2D eigenvalue weighted by atomic mass is 10.1. The molecule has 0 aliphatic carbocycles. The number of hydrogen-bond acceptors (Lipinski definition) is 3. The third-order valence-corrected chi connectivity index (χ3v) is 1.30. The third kappa shape index (κ3) is 1.89. The summed E-state index contributed by atoms with van der Waals surface area (Å²) < 4.78 is 0. The van der Waals surface area contributed by atoms with Crippen LogP contribution in [-0.4, -0.2) is 12.4 Å². The van der Waals surface area contributed by atoms with E-state index in [0.29, 0.717) is 0 Å². The van der Waals surface area contributed by atoms with Crippen molar-refractivity contribution in [2.24, 2.45) is 10.9 Å². The summed E-state index contributed by atoms with van der Waals surface area (Å²) in [5, 5.41) is 10.4. The van der Waals surface area contributed by atoms with Crippen LogP contribution < -0.4 is 5.84 Å². The van der Waals surface area contributed by atoms with Crippen LogP contribution in [0.25, 0.3) is 0 Å². The van der Waals surface area contributed by atoms with E-state index in [1.54, 1.807) is 6.21 Å². The zero-order chi connectivity index (χ0) is 8.10. The molecule has 1 rings (SSSR count). The second-order valence-electron chi connectivity index (χ2n) is 2.09.